The van der Waals surface area contributed by atoms with E-state index in [1.165, 1.54) is 0 Å². The summed E-state index contributed by atoms with van der Waals surface area (Å²) in [6, 6.07) is 7.55. The number of rotatable bonds is 4. The highest BCUT2D eigenvalue weighted by Gasteiger charge is 2.14. The molecule has 0 fully saturated rings. The van der Waals surface area contributed by atoms with E-state index in [9.17, 15) is 4.79 Å². The van der Waals surface area contributed by atoms with Gasteiger partial charge in [0, 0.05) is 16.7 Å². The number of aromatic nitrogens is 2. The van der Waals surface area contributed by atoms with E-state index >= 15 is 0 Å². The Morgan fingerprint density at radius 2 is 2.11 bits per heavy atom. The van der Waals surface area contributed by atoms with Crippen LogP contribution in [0.15, 0.2) is 35.6 Å². The highest BCUT2D eigenvalue weighted by molar-refractivity contribution is 6.36. The number of fused-ring (bicyclic) bond motifs is 1. The predicted octanol–water partition coefficient (Wildman–Crippen LogP) is 2.14. The Hall–Kier alpha value is -2.50. The van der Waals surface area contributed by atoms with E-state index in [2.05, 4.69) is 20.7 Å². The Morgan fingerprint density at radius 1 is 1.37 bits per heavy atom. The summed E-state index contributed by atoms with van der Waals surface area (Å²) >= 11 is 0. The van der Waals surface area contributed by atoms with E-state index in [-0.39, 0.29) is 11.6 Å². The van der Waals surface area contributed by atoms with Gasteiger partial charge < -0.3 is 5.11 Å². The maximum Gasteiger partial charge on any atom is 0.352 e. The molecule has 0 saturated heterocycles. The van der Waals surface area contributed by atoms with Gasteiger partial charge in [0.15, 0.2) is 5.82 Å². The van der Waals surface area contributed by atoms with Crippen molar-refractivity contribution in [2.75, 3.05) is 5.43 Å². The summed E-state index contributed by atoms with van der Waals surface area (Å²) in [7, 11) is 0. The third-order valence-corrected chi connectivity index (χ3v) is 2.62. The second-order valence-corrected chi connectivity index (χ2v) is 4.35. The van der Waals surface area contributed by atoms with Crippen LogP contribution in [-0.2, 0) is 4.79 Å². The molecule has 0 bridgehead atoms. The highest BCUT2D eigenvalue weighted by Crippen LogP contribution is 2.19. The molecule has 1 aromatic heterocycles. The number of carboxylic acids is 1. The van der Waals surface area contributed by atoms with Crippen molar-refractivity contribution >= 4 is 28.3 Å². The molecule has 2 N–H and O–H groups in total. The van der Waals surface area contributed by atoms with Crippen LogP contribution in [0.1, 0.15) is 13.8 Å². The van der Waals surface area contributed by atoms with Gasteiger partial charge >= 0.3 is 5.97 Å². The molecule has 0 spiro atoms. The van der Waals surface area contributed by atoms with Gasteiger partial charge in [-0.3, -0.25) is 5.43 Å². The quantitative estimate of drug-likeness (QED) is 0.648. The summed E-state index contributed by atoms with van der Waals surface area (Å²) in [5.41, 5.74) is 2.73. The fourth-order valence-corrected chi connectivity index (χ4v) is 1.65. The number of hydrogen-bond donors (Lipinski definition) is 2. The molecule has 0 aliphatic heterocycles. The second-order valence-electron chi connectivity index (χ2n) is 4.35. The Labute approximate surface area is 110 Å². The van der Waals surface area contributed by atoms with E-state index in [1.807, 2.05) is 24.3 Å². The van der Waals surface area contributed by atoms with Crippen LogP contribution in [0.25, 0.3) is 10.8 Å². The Kier molecular flexibility index (Phi) is 3.70. The number of carboxylic acid groups (broad SMARTS) is 1. The molecule has 0 radical (unpaired) electrons. The van der Waals surface area contributed by atoms with Gasteiger partial charge in [-0.2, -0.15) is 10.2 Å². The minimum Gasteiger partial charge on any atom is -0.477 e. The first-order chi connectivity index (χ1) is 9.09. The molecule has 1 aromatic carbocycles. The van der Waals surface area contributed by atoms with Gasteiger partial charge in [0.2, 0.25) is 0 Å². The van der Waals surface area contributed by atoms with Crippen LogP contribution in [-0.4, -0.2) is 27.0 Å². The molecular weight excluding hydrogens is 244 g/mol. The van der Waals surface area contributed by atoms with E-state index in [0.717, 1.165) is 10.8 Å². The Morgan fingerprint density at radius 3 is 2.79 bits per heavy atom. The Bertz CT molecular complexity index is 632. The summed E-state index contributed by atoms with van der Waals surface area (Å²) in [6.45, 7) is 3.53. The van der Waals surface area contributed by atoms with E-state index in [1.54, 1.807) is 20.0 Å². The van der Waals surface area contributed by atoms with Gasteiger partial charge in [0.05, 0.1) is 6.20 Å². The highest BCUT2D eigenvalue weighted by atomic mass is 16.4. The fourth-order valence-electron chi connectivity index (χ4n) is 1.65. The van der Waals surface area contributed by atoms with Crippen molar-refractivity contribution in [1.29, 1.82) is 0 Å². The van der Waals surface area contributed by atoms with Crippen molar-refractivity contribution in [2.24, 2.45) is 11.0 Å². The van der Waals surface area contributed by atoms with Gasteiger partial charge in [-0.25, -0.2) is 4.79 Å². The average Bonchev–Trinajstić information content (AvgIpc) is 2.38. The zero-order chi connectivity index (χ0) is 13.8. The minimum absolute atomic E-state index is 0.0507. The van der Waals surface area contributed by atoms with Gasteiger partial charge in [-0.05, 0) is 0 Å². The van der Waals surface area contributed by atoms with Crippen molar-refractivity contribution in [1.82, 2.24) is 10.2 Å². The molecule has 2 rings (SSSR count). The molecule has 0 amide bonds. The number of nitrogens with one attached hydrogen (secondary N) is 1. The van der Waals surface area contributed by atoms with Crippen LogP contribution in [0, 0.1) is 5.92 Å². The first kappa shape index (κ1) is 12.9. The molecule has 0 aliphatic carbocycles. The van der Waals surface area contributed by atoms with E-state index in [4.69, 9.17) is 5.11 Å². The van der Waals surface area contributed by atoms with Crippen LogP contribution < -0.4 is 5.43 Å². The summed E-state index contributed by atoms with van der Waals surface area (Å²) < 4.78 is 0. The lowest BCUT2D eigenvalue weighted by Crippen LogP contribution is -2.21. The molecule has 0 unspecified atom stereocenters. The van der Waals surface area contributed by atoms with Crippen molar-refractivity contribution in [3.8, 4) is 0 Å². The zero-order valence-electron chi connectivity index (χ0n) is 10.7. The van der Waals surface area contributed by atoms with Gasteiger partial charge in [-0.15, -0.1) is 5.10 Å². The minimum atomic E-state index is -1.05. The van der Waals surface area contributed by atoms with Gasteiger partial charge in [0.25, 0.3) is 0 Å². The molecule has 98 valence electrons. The number of aliphatic carboxylic acids is 1. The molecule has 2 aromatic rings. The molecule has 19 heavy (non-hydrogen) atoms. The number of hydrogen-bond acceptors (Lipinski definition) is 5. The maximum atomic E-state index is 11.0. The van der Waals surface area contributed by atoms with E-state index < -0.39 is 5.97 Å². The summed E-state index contributed by atoms with van der Waals surface area (Å²) in [6.07, 6.45) is 1.64. The molecule has 0 atom stereocenters. The van der Waals surface area contributed by atoms with Gasteiger partial charge in [-0.1, -0.05) is 38.1 Å². The standard InChI is InChI=1S/C13H14N4O2/c1-8(2)11(13(18)19)15-17-12-10-6-4-3-5-9(10)7-14-16-12/h3-8H,1-2H3,(H,16,17)(H,18,19)/b15-11+. The number of benzene rings is 1. The SMILES string of the molecule is CC(C)/C(=N\Nc1nncc2ccccc12)C(=O)O. The molecule has 0 aliphatic rings. The monoisotopic (exact) mass is 258 g/mol. The topological polar surface area (TPSA) is 87.5 Å². The van der Waals surface area contributed by atoms with Crippen molar-refractivity contribution in [3.63, 3.8) is 0 Å². The van der Waals surface area contributed by atoms with Crippen LogP contribution in [0.2, 0.25) is 0 Å². The second kappa shape index (κ2) is 5.43. The first-order valence-corrected chi connectivity index (χ1v) is 5.87. The number of carbonyl (C=O) groups is 1. The van der Waals surface area contributed by atoms with Crippen molar-refractivity contribution in [3.05, 3.63) is 30.5 Å². The van der Waals surface area contributed by atoms with Crippen LogP contribution in [0.3, 0.4) is 0 Å². The van der Waals surface area contributed by atoms with Crippen molar-refractivity contribution < 1.29 is 9.90 Å². The Balaban J connectivity index is 2.36. The zero-order valence-corrected chi connectivity index (χ0v) is 10.7. The first-order valence-electron chi connectivity index (χ1n) is 5.87. The fraction of sp³-hybridized carbons (Fsp3) is 0.231. The number of nitrogens with zero attached hydrogens (tertiary/aromatic N) is 3. The third-order valence-electron chi connectivity index (χ3n) is 2.62. The normalized spacial score (nSPS) is 11.8. The summed E-state index contributed by atoms with van der Waals surface area (Å²) in [5, 5.41) is 22.5. The number of hydrazone groups is 1. The van der Waals surface area contributed by atoms with E-state index in [0.29, 0.717) is 5.82 Å². The maximum absolute atomic E-state index is 11.0. The third kappa shape index (κ3) is 2.85. The van der Waals surface area contributed by atoms with Gasteiger partial charge in [0.1, 0.15) is 5.71 Å². The smallest absolute Gasteiger partial charge is 0.352 e. The van der Waals surface area contributed by atoms with Crippen molar-refractivity contribution in [2.45, 2.75) is 13.8 Å². The summed E-state index contributed by atoms with van der Waals surface area (Å²) in [4.78, 5) is 11.0. The molecule has 1 heterocycles. The van der Waals surface area contributed by atoms with Crippen LogP contribution in [0.4, 0.5) is 5.82 Å². The van der Waals surface area contributed by atoms with Crippen LogP contribution >= 0.6 is 0 Å². The van der Waals surface area contributed by atoms with Crippen LogP contribution in [0.5, 0.6) is 0 Å². The molecule has 6 nitrogen and oxygen atoms in total. The predicted molar refractivity (Wildman–Crippen MR) is 73.1 cm³/mol. The largest absolute Gasteiger partial charge is 0.477 e. The number of anilines is 1. The summed E-state index contributed by atoms with van der Waals surface area (Å²) in [5.74, 6) is -0.791. The average molecular weight is 258 g/mol. The lowest BCUT2D eigenvalue weighted by molar-refractivity contribution is -0.129. The molecule has 6 heteroatoms. The molecule has 0 saturated carbocycles. The lowest BCUT2D eigenvalue weighted by atomic mass is 10.1. The molecular formula is C13H14N4O2. The lowest BCUT2D eigenvalue weighted by Gasteiger charge is -2.07.